The highest BCUT2D eigenvalue weighted by Gasteiger charge is 2.34. The van der Waals surface area contributed by atoms with Crippen molar-refractivity contribution in [1.29, 1.82) is 5.26 Å². The molecule has 0 aliphatic heterocycles. The number of nitrogens with zero attached hydrogens (tertiary/aromatic N) is 5. The Kier molecular flexibility index (Phi) is 6.75. The first-order chi connectivity index (χ1) is 16.3. The van der Waals surface area contributed by atoms with E-state index in [1.54, 1.807) is 12.1 Å². The predicted molar refractivity (Wildman–Crippen MR) is 127 cm³/mol. The third-order valence-electron chi connectivity index (χ3n) is 6.62. The maximum Gasteiger partial charge on any atom is 0.340 e. The second-order valence-corrected chi connectivity index (χ2v) is 10.1. The average molecular weight is 479 g/mol. The van der Waals surface area contributed by atoms with Crippen LogP contribution in [0.3, 0.4) is 0 Å². The Morgan fingerprint density at radius 2 is 2.21 bits per heavy atom. The van der Waals surface area contributed by atoms with Gasteiger partial charge in [0.15, 0.2) is 12.4 Å². The maximum absolute atomic E-state index is 12.5. The molecule has 1 aliphatic carbocycles. The summed E-state index contributed by atoms with van der Waals surface area (Å²) in [7, 11) is 0. The fraction of sp³-hybridized carbons (Fsp3) is 0.417. The lowest BCUT2D eigenvalue weighted by atomic mass is 9.69. The number of hydrogen-bond donors (Lipinski definition) is 1. The van der Waals surface area contributed by atoms with Gasteiger partial charge >= 0.3 is 5.97 Å². The van der Waals surface area contributed by atoms with Gasteiger partial charge in [-0.2, -0.15) is 10.4 Å². The van der Waals surface area contributed by atoms with Crippen LogP contribution in [-0.2, 0) is 22.4 Å². The zero-order chi connectivity index (χ0) is 24.3. The van der Waals surface area contributed by atoms with E-state index >= 15 is 0 Å². The lowest BCUT2D eigenvalue weighted by Crippen LogP contribution is -2.28. The van der Waals surface area contributed by atoms with E-state index in [4.69, 9.17) is 4.74 Å². The molecule has 34 heavy (non-hydrogen) atoms. The Labute approximate surface area is 201 Å². The Hall–Kier alpha value is -3.58. The molecule has 0 saturated carbocycles. The van der Waals surface area contributed by atoms with Gasteiger partial charge < -0.3 is 10.1 Å². The second-order valence-electron chi connectivity index (χ2n) is 8.97. The highest BCUT2D eigenvalue weighted by Crippen LogP contribution is 2.45. The van der Waals surface area contributed by atoms with Gasteiger partial charge in [-0.3, -0.25) is 4.79 Å². The molecule has 0 bridgehead atoms. The van der Waals surface area contributed by atoms with E-state index in [-0.39, 0.29) is 11.0 Å². The van der Waals surface area contributed by atoms with E-state index in [1.165, 1.54) is 39.7 Å². The lowest BCUT2D eigenvalue weighted by molar-refractivity contribution is -0.119. The first-order valence-corrected chi connectivity index (χ1v) is 12.0. The van der Waals surface area contributed by atoms with Crippen molar-refractivity contribution in [2.24, 2.45) is 11.3 Å². The number of pyridine rings is 1. The quantitative estimate of drug-likeness (QED) is 0.510. The third kappa shape index (κ3) is 4.84. The number of aromatic nitrogens is 4. The normalized spacial score (nSPS) is 15.3. The predicted octanol–water partition coefficient (Wildman–Crippen LogP) is 3.93. The molecule has 3 aromatic rings. The van der Waals surface area contributed by atoms with Crippen molar-refractivity contribution < 1.29 is 14.3 Å². The molecule has 4 rings (SSSR count). The van der Waals surface area contributed by atoms with Crippen LogP contribution in [0.1, 0.15) is 60.0 Å². The molecule has 0 saturated heterocycles. The average Bonchev–Trinajstić information content (AvgIpc) is 3.50. The van der Waals surface area contributed by atoms with Gasteiger partial charge in [-0.1, -0.05) is 27.2 Å². The lowest BCUT2D eigenvalue weighted by Gasteiger charge is -2.36. The van der Waals surface area contributed by atoms with Crippen LogP contribution in [0.5, 0.6) is 0 Å². The van der Waals surface area contributed by atoms with E-state index in [1.807, 2.05) is 0 Å². The molecule has 0 spiro atoms. The Bertz CT molecular complexity index is 1220. The Balaban J connectivity index is 1.37. The Morgan fingerprint density at radius 3 is 2.85 bits per heavy atom. The standard InChI is InChI=1S/C24H26N6O3S/c1-4-24(2,3)16-6-7-17-18(10-25)22(34-19(17)9-16)29-21(31)12-33-23(32)15-5-8-20(27-11-15)30-14-26-13-28-30/h5,8,11,13-14,16H,4,6-7,9,12H2,1-3H3,(H,29,31)/t16-/m1/s1. The number of carbonyl (C=O) groups is 2. The molecule has 10 heteroatoms. The third-order valence-corrected chi connectivity index (χ3v) is 7.79. The van der Waals surface area contributed by atoms with Crippen molar-refractivity contribution >= 4 is 28.2 Å². The summed E-state index contributed by atoms with van der Waals surface area (Å²) in [6, 6.07) is 5.40. The number of thiophene rings is 1. The number of fused-ring (bicyclic) bond motifs is 1. The number of rotatable bonds is 7. The van der Waals surface area contributed by atoms with Crippen molar-refractivity contribution in [1.82, 2.24) is 19.7 Å². The molecule has 0 fully saturated rings. The summed E-state index contributed by atoms with van der Waals surface area (Å²) in [6.45, 7) is 6.33. The van der Waals surface area contributed by atoms with Gasteiger partial charge in [-0.05, 0) is 48.3 Å². The smallest absolute Gasteiger partial charge is 0.340 e. The summed E-state index contributed by atoms with van der Waals surface area (Å²) in [4.78, 5) is 34.0. The molecule has 3 aromatic heterocycles. The van der Waals surface area contributed by atoms with Gasteiger partial charge in [0, 0.05) is 11.1 Å². The van der Waals surface area contributed by atoms with Crippen LogP contribution in [-0.4, -0.2) is 38.2 Å². The molecular weight excluding hydrogens is 452 g/mol. The van der Waals surface area contributed by atoms with E-state index in [9.17, 15) is 14.9 Å². The molecule has 0 radical (unpaired) electrons. The number of amides is 1. The monoisotopic (exact) mass is 478 g/mol. The molecule has 176 valence electrons. The number of anilines is 1. The van der Waals surface area contributed by atoms with Crippen LogP contribution < -0.4 is 5.32 Å². The van der Waals surface area contributed by atoms with E-state index < -0.39 is 18.5 Å². The minimum atomic E-state index is -0.664. The summed E-state index contributed by atoms with van der Waals surface area (Å²) in [5.74, 6) is -0.101. The number of ether oxygens (including phenoxy) is 1. The van der Waals surface area contributed by atoms with Gasteiger partial charge in [0.1, 0.15) is 23.7 Å². The molecule has 1 atom stereocenters. The summed E-state index contributed by atoms with van der Waals surface area (Å²) in [5.41, 5.74) is 2.02. The van der Waals surface area contributed by atoms with E-state index in [0.29, 0.717) is 22.3 Å². The van der Waals surface area contributed by atoms with Gasteiger partial charge in [-0.15, -0.1) is 11.3 Å². The summed E-state index contributed by atoms with van der Waals surface area (Å²) in [5, 5.41) is 17.0. The number of nitriles is 1. The van der Waals surface area contributed by atoms with Gasteiger partial charge in [0.2, 0.25) is 0 Å². The molecular formula is C24H26N6O3S. The first kappa shape index (κ1) is 23.6. The fourth-order valence-electron chi connectivity index (χ4n) is 4.09. The number of hydrogen-bond acceptors (Lipinski definition) is 8. The SMILES string of the molecule is CCC(C)(C)[C@@H]1CCc2c(sc(NC(=O)COC(=O)c3ccc(-n4cncn4)nc3)c2C#N)C1. The van der Waals surface area contributed by atoms with Crippen LogP contribution in [0.4, 0.5) is 5.00 Å². The summed E-state index contributed by atoms with van der Waals surface area (Å²) < 4.78 is 6.60. The van der Waals surface area contributed by atoms with Crippen LogP contribution >= 0.6 is 11.3 Å². The van der Waals surface area contributed by atoms with Gasteiger partial charge in [0.05, 0.1) is 11.1 Å². The largest absolute Gasteiger partial charge is 0.452 e. The van der Waals surface area contributed by atoms with Crippen LogP contribution in [0.25, 0.3) is 5.82 Å². The first-order valence-electron chi connectivity index (χ1n) is 11.1. The molecule has 9 nitrogen and oxygen atoms in total. The van der Waals surface area contributed by atoms with E-state index in [0.717, 1.165) is 31.2 Å². The van der Waals surface area contributed by atoms with E-state index in [2.05, 4.69) is 47.2 Å². The van der Waals surface area contributed by atoms with Gasteiger partial charge in [0.25, 0.3) is 5.91 Å². The van der Waals surface area contributed by atoms with Crippen molar-refractivity contribution in [2.75, 3.05) is 11.9 Å². The molecule has 0 aromatic carbocycles. The molecule has 1 N–H and O–H groups in total. The van der Waals surface area contributed by atoms with Crippen molar-refractivity contribution in [3.05, 3.63) is 52.6 Å². The fourth-order valence-corrected chi connectivity index (χ4v) is 5.39. The summed E-state index contributed by atoms with van der Waals surface area (Å²) >= 11 is 1.46. The minimum Gasteiger partial charge on any atom is -0.452 e. The van der Waals surface area contributed by atoms with Crippen molar-refractivity contribution in [3.8, 4) is 11.9 Å². The highest BCUT2D eigenvalue weighted by atomic mass is 32.1. The number of nitrogens with one attached hydrogen (secondary N) is 1. The van der Waals surface area contributed by atoms with Crippen LogP contribution in [0, 0.1) is 22.7 Å². The highest BCUT2D eigenvalue weighted by molar-refractivity contribution is 7.16. The molecule has 1 amide bonds. The molecule has 0 unspecified atom stereocenters. The second kappa shape index (κ2) is 9.73. The van der Waals surface area contributed by atoms with Crippen LogP contribution in [0.15, 0.2) is 31.0 Å². The zero-order valence-electron chi connectivity index (χ0n) is 19.4. The maximum atomic E-state index is 12.5. The Morgan fingerprint density at radius 1 is 1.38 bits per heavy atom. The molecule has 1 aliphatic rings. The van der Waals surface area contributed by atoms with Crippen molar-refractivity contribution in [3.63, 3.8) is 0 Å². The minimum absolute atomic E-state index is 0.213. The number of esters is 1. The zero-order valence-corrected chi connectivity index (χ0v) is 20.2. The van der Waals surface area contributed by atoms with Crippen LogP contribution in [0.2, 0.25) is 0 Å². The number of carbonyl (C=O) groups excluding carboxylic acids is 2. The summed E-state index contributed by atoms with van der Waals surface area (Å²) in [6.07, 6.45) is 8.11. The van der Waals surface area contributed by atoms with Crippen molar-refractivity contribution in [2.45, 2.75) is 46.5 Å². The van der Waals surface area contributed by atoms with Gasteiger partial charge in [-0.25, -0.2) is 19.4 Å². The topological polar surface area (TPSA) is 123 Å². The molecule has 3 heterocycles.